The minimum absolute atomic E-state index is 0.368. The summed E-state index contributed by atoms with van der Waals surface area (Å²) in [5.41, 5.74) is -1.02. The molecule has 1 amide bonds. The van der Waals surface area contributed by atoms with Gasteiger partial charge in [0.25, 0.3) is 5.91 Å². The minimum Gasteiger partial charge on any atom is -0.347 e. The SMILES string of the molecule is CC(C)(C)NC(=O)c1cc(S(N)(=O)=O)c(Cl)cc1F. The molecule has 0 unspecified atom stereocenters. The maximum Gasteiger partial charge on any atom is 0.254 e. The van der Waals surface area contributed by atoms with Crippen molar-refractivity contribution in [2.24, 2.45) is 5.14 Å². The molecule has 0 spiro atoms. The Morgan fingerprint density at radius 1 is 1.37 bits per heavy atom. The molecule has 106 valence electrons. The fourth-order valence-corrected chi connectivity index (χ4v) is 2.41. The van der Waals surface area contributed by atoms with Gasteiger partial charge in [-0.3, -0.25) is 4.79 Å². The van der Waals surface area contributed by atoms with Gasteiger partial charge in [-0.1, -0.05) is 11.6 Å². The summed E-state index contributed by atoms with van der Waals surface area (Å²) in [4.78, 5) is 11.4. The number of halogens is 2. The van der Waals surface area contributed by atoms with Gasteiger partial charge in [-0.2, -0.15) is 0 Å². The van der Waals surface area contributed by atoms with Crippen LogP contribution >= 0.6 is 11.6 Å². The van der Waals surface area contributed by atoms with Crippen molar-refractivity contribution in [2.45, 2.75) is 31.2 Å². The van der Waals surface area contributed by atoms with Gasteiger partial charge in [0.1, 0.15) is 10.7 Å². The van der Waals surface area contributed by atoms with Crippen molar-refractivity contribution in [1.29, 1.82) is 0 Å². The first kappa shape index (κ1) is 15.9. The van der Waals surface area contributed by atoms with E-state index in [9.17, 15) is 17.6 Å². The smallest absolute Gasteiger partial charge is 0.254 e. The van der Waals surface area contributed by atoms with E-state index in [1.807, 2.05) is 0 Å². The fourth-order valence-electron chi connectivity index (χ4n) is 1.33. The molecule has 0 aliphatic carbocycles. The first-order valence-electron chi connectivity index (χ1n) is 5.26. The number of rotatable bonds is 2. The van der Waals surface area contributed by atoms with Crippen LogP contribution in [0.4, 0.5) is 4.39 Å². The average Bonchev–Trinajstić information content (AvgIpc) is 2.11. The van der Waals surface area contributed by atoms with Gasteiger partial charge in [0.05, 0.1) is 10.6 Å². The van der Waals surface area contributed by atoms with Crippen molar-refractivity contribution in [3.63, 3.8) is 0 Å². The monoisotopic (exact) mass is 308 g/mol. The third kappa shape index (κ3) is 4.15. The van der Waals surface area contributed by atoms with E-state index in [0.29, 0.717) is 0 Å². The van der Waals surface area contributed by atoms with Crippen molar-refractivity contribution in [1.82, 2.24) is 5.32 Å². The van der Waals surface area contributed by atoms with Crippen LogP contribution in [0, 0.1) is 5.82 Å². The number of sulfonamides is 1. The predicted molar refractivity (Wildman–Crippen MR) is 70.0 cm³/mol. The van der Waals surface area contributed by atoms with Crippen LogP contribution in [0.3, 0.4) is 0 Å². The number of benzene rings is 1. The van der Waals surface area contributed by atoms with E-state index in [-0.39, 0.29) is 5.02 Å². The van der Waals surface area contributed by atoms with Crippen LogP contribution in [-0.2, 0) is 10.0 Å². The number of hydrogen-bond acceptors (Lipinski definition) is 3. The quantitative estimate of drug-likeness (QED) is 0.870. The molecule has 19 heavy (non-hydrogen) atoms. The zero-order valence-electron chi connectivity index (χ0n) is 10.6. The number of carbonyl (C=O) groups excluding carboxylic acids is 1. The molecule has 0 aliphatic heterocycles. The standard InChI is InChI=1S/C11H14ClFN2O3S/c1-11(2,3)15-10(16)6-4-9(19(14,17)18)7(12)5-8(6)13/h4-5H,1-3H3,(H,15,16)(H2,14,17,18). The molecule has 0 aromatic heterocycles. The Kier molecular flexibility index (Phi) is 4.23. The average molecular weight is 309 g/mol. The van der Waals surface area contributed by atoms with Crippen LogP contribution in [0.5, 0.6) is 0 Å². The lowest BCUT2D eigenvalue weighted by atomic mass is 10.1. The second kappa shape index (κ2) is 5.07. The molecule has 0 saturated heterocycles. The Labute approximate surface area is 116 Å². The Balaban J connectivity index is 3.34. The molecule has 1 rings (SSSR count). The van der Waals surface area contributed by atoms with Crippen molar-refractivity contribution in [3.8, 4) is 0 Å². The molecule has 8 heteroatoms. The van der Waals surface area contributed by atoms with Crippen LogP contribution < -0.4 is 10.5 Å². The van der Waals surface area contributed by atoms with Crippen LogP contribution in [0.2, 0.25) is 5.02 Å². The van der Waals surface area contributed by atoms with Crippen LogP contribution in [0.1, 0.15) is 31.1 Å². The topological polar surface area (TPSA) is 89.3 Å². The molecule has 5 nitrogen and oxygen atoms in total. The molecule has 0 radical (unpaired) electrons. The fraction of sp³-hybridized carbons (Fsp3) is 0.364. The summed E-state index contributed by atoms with van der Waals surface area (Å²) in [5, 5.41) is 7.09. The summed E-state index contributed by atoms with van der Waals surface area (Å²) in [6, 6.07) is 1.58. The second-order valence-electron chi connectivity index (χ2n) is 5.01. The maximum atomic E-state index is 13.7. The molecule has 0 fully saturated rings. The van der Waals surface area contributed by atoms with E-state index >= 15 is 0 Å². The van der Waals surface area contributed by atoms with Crippen molar-refractivity contribution in [3.05, 3.63) is 28.5 Å². The van der Waals surface area contributed by atoms with Gasteiger partial charge in [0, 0.05) is 5.54 Å². The Hall–Kier alpha value is -1.18. The summed E-state index contributed by atoms with van der Waals surface area (Å²) < 4.78 is 36.2. The first-order chi connectivity index (χ1) is 8.42. The number of primary sulfonamides is 1. The first-order valence-corrected chi connectivity index (χ1v) is 7.18. The van der Waals surface area contributed by atoms with E-state index in [2.05, 4.69) is 5.32 Å². The second-order valence-corrected chi connectivity index (χ2v) is 6.95. The highest BCUT2D eigenvalue weighted by Gasteiger charge is 2.23. The van der Waals surface area contributed by atoms with Crippen LogP contribution in [0.15, 0.2) is 17.0 Å². The molecule has 1 aromatic rings. The lowest BCUT2D eigenvalue weighted by molar-refractivity contribution is 0.0915. The van der Waals surface area contributed by atoms with E-state index < -0.39 is 37.7 Å². The summed E-state index contributed by atoms with van der Waals surface area (Å²) >= 11 is 5.59. The molecule has 0 atom stereocenters. The molecule has 3 N–H and O–H groups in total. The van der Waals surface area contributed by atoms with Gasteiger partial charge in [0.15, 0.2) is 0 Å². The van der Waals surface area contributed by atoms with Gasteiger partial charge in [-0.25, -0.2) is 17.9 Å². The van der Waals surface area contributed by atoms with Crippen LogP contribution in [-0.4, -0.2) is 19.9 Å². The number of nitrogens with two attached hydrogens (primary N) is 1. The number of nitrogens with one attached hydrogen (secondary N) is 1. The Bertz CT molecular complexity index is 624. The maximum absolute atomic E-state index is 13.7. The number of amides is 1. The van der Waals surface area contributed by atoms with Gasteiger partial charge in [0.2, 0.25) is 10.0 Å². The lowest BCUT2D eigenvalue weighted by Crippen LogP contribution is -2.41. The van der Waals surface area contributed by atoms with Crippen molar-refractivity contribution in [2.75, 3.05) is 0 Å². The zero-order valence-corrected chi connectivity index (χ0v) is 12.2. The summed E-state index contributed by atoms with van der Waals surface area (Å²) in [6.45, 7) is 5.12. The highest BCUT2D eigenvalue weighted by Crippen LogP contribution is 2.24. The summed E-state index contributed by atoms with van der Waals surface area (Å²) in [5.74, 6) is -1.66. The van der Waals surface area contributed by atoms with E-state index in [0.717, 1.165) is 12.1 Å². The van der Waals surface area contributed by atoms with Crippen molar-refractivity contribution >= 4 is 27.5 Å². The molecule has 0 saturated carbocycles. The van der Waals surface area contributed by atoms with Crippen LogP contribution in [0.25, 0.3) is 0 Å². The molecule has 0 bridgehead atoms. The van der Waals surface area contributed by atoms with Gasteiger partial charge in [-0.15, -0.1) is 0 Å². The highest BCUT2D eigenvalue weighted by atomic mass is 35.5. The van der Waals surface area contributed by atoms with E-state index in [4.69, 9.17) is 16.7 Å². The zero-order chi connectivity index (χ0) is 15.0. The molecular weight excluding hydrogens is 295 g/mol. The summed E-state index contributed by atoms with van der Waals surface area (Å²) in [7, 11) is -4.13. The molecule has 0 aliphatic rings. The summed E-state index contributed by atoms with van der Waals surface area (Å²) in [6.07, 6.45) is 0. The van der Waals surface area contributed by atoms with E-state index in [1.54, 1.807) is 20.8 Å². The minimum atomic E-state index is -4.13. The molecular formula is C11H14ClFN2O3S. The number of hydrogen-bond donors (Lipinski definition) is 2. The third-order valence-electron chi connectivity index (χ3n) is 2.06. The third-order valence-corrected chi connectivity index (χ3v) is 3.44. The van der Waals surface area contributed by atoms with Gasteiger partial charge in [-0.05, 0) is 32.9 Å². The largest absolute Gasteiger partial charge is 0.347 e. The van der Waals surface area contributed by atoms with Crippen molar-refractivity contribution < 1.29 is 17.6 Å². The predicted octanol–water partition coefficient (Wildman–Crippen LogP) is 1.65. The Morgan fingerprint density at radius 3 is 2.32 bits per heavy atom. The highest BCUT2D eigenvalue weighted by molar-refractivity contribution is 7.89. The Morgan fingerprint density at radius 2 is 1.89 bits per heavy atom. The number of carbonyl (C=O) groups is 1. The molecule has 1 aromatic carbocycles. The lowest BCUT2D eigenvalue weighted by Gasteiger charge is -2.20. The van der Waals surface area contributed by atoms with E-state index in [1.165, 1.54) is 0 Å². The van der Waals surface area contributed by atoms with Gasteiger partial charge < -0.3 is 5.32 Å². The normalized spacial score (nSPS) is 12.3. The molecule has 0 heterocycles. The van der Waals surface area contributed by atoms with Gasteiger partial charge >= 0.3 is 0 Å².